The highest BCUT2D eigenvalue weighted by Gasteiger charge is 2.30. The smallest absolute Gasteiger partial charge is 0.410 e. The maximum Gasteiger partial charge on any atom is 0.410 e. The summed E-state index contributed by atoms with van der Waals surface area (Å²) in [6.45, 7) is 6.26. The van der Waals surface area contributed by atoms with Crippen LogP contribution in [-0.4, -0.2) is 32.8 Å². The summed E-state index contributed by atoms with van der Waals surface area (Å²) < 4.78 is 5.25. The number of imidazole rings is 1. The van der Waals surface area contributed by atoms with E-state index in [2.05, 4.69) is 9.97 Å². The van der Waals surface area contributed by atoms with Crippen molar-refractivity contribution in [1.29, 1.82) is 0 Å². The quantitative estimate of drug-likeness (QED) is 0.750. The SMILES string of the molecule is CC(C)(C)OC(=O)N1Cc2nc(C=O)[nH]c2C1. The molecule has 0 fully saturated rings. The van der Waals surface area contributed by atoms with E-state index in [1.807, 2.05) is 20.8 Å². The Morgan fingerprint density at radius 3 is 2.71 bits per heavy atom. The monoisotopic (exact) mass is 237 g/mol. The van der Waals surface area contributed by atoms with Crippen LogP contribution in [0.15, 0.2) is 0 Å². The highest BCUT2D eigenvalue weighted by Crippen LogP contribution is 2.22. The third-order valence-electron chi connectivity index (χ3n) is 2.34. The van der Waals surface area contributed by atoms with E-state index in [0.717, 1.165) is 11.4 Å². The van der Waals surface area contributed by atoms with E-state index in [1.54, 1.807) is 4.90 Å². The molecular formula is C11H15N3O3. The molecule has 6 nitrogen and oxygen atoms in total. The zero-order chi connectivity index (χ0) is 12.6. The number of ether oxygens (including phenoxy) is 1. The van der Waals surface area contributed by atoms with E-state index in [1.165, 1.54) is 0 Å². The summed E-state index contributed by atoms with van der Waals surface area (Å²) in [5, 5.41) is 0. The number of aromatic amines is 1. The molecule has 0 saturated heterocycles. The minimum absolute atomic E-state index is 0.304. The van der Waals surface area contributed by atoms with Crippen molar-refractivity contribution in [1.82, 2.24) is 14.9 Å². The molecule has 0 atom stereocenters. The molecule has 0 saturated carbocycles. The first-order chi connectivity index (χ1) is 7.89. The van der Waals surface area contributed by atoms with Gasteiger partial charge in [-0.05, 0) is 20.8 Å². The molecule has 17 heavy (non-hydrogen) atoms. The van der Waals surface area contributed by atoms with Crippen molar-refractivity contribution in [3.8, 4) is 0 Å². The fraction of sp³-hybridized carbons (Fsp3) is 0.545. The van der Waals surface area contributed by atoms with E-state index in [-0.39, 0.29) is 6.09 Å². The third kappa shape index (κ3) is 2.46. The molecule has 0 aliphatic carbocycles. The molecule has 6 heteroatoms. The zero-order valence-electron chi connectivity index (χ0n) is 10.1. The number of fused-ring (bicyclic) bond motifs is 1. The molecule has 0 aromatic carbocycles. The summed E-state index contributed by atoms with van der Waals surface area (Å²) in [5.74, 6) is 0.304. The van der Waals surface area contributed by atoms with Gasteiger partial charge in [0.15, 0.2) is 12.1 Å². The van der Waals surface area contributed by atoms with Gasteiger partial charge in [0.1, 0.15) is 5.60 Å². The Morgan fingerprint density at radius 2 is 2.18 bits per heavy atom. The minimum Gasteiger partial charge on any atom is -0.444 e. The van der Waals surface area contributed by atoms with Gasteiger partial charge in [0.25, 0.3) is 0 Å². The summed E-state index contributed by atoms with van der Waals surface area (Å²) in [5.41, 5.74) is 1.03. The fourth-order valence-corrected chi connectivity index (χ4v) is 1.67. The van der Waals surface area contributed by atoms with Crippen LogP contribution in [0.25, 0.3) is 0 Å². The number of hydrogen-bond acceptors (Lipinski definition) is 4. The molecule has 2 heterocycles. The number of amides is 1. The number of rotatable bonds is 1. The lowest BCUT2D eigenvalue weighted by Crippen LogP contribution is -2.33. The lowest BCUT2D eigenvalue weighted by Gasteiger charge is -2.24. The number of aldehydes is 1. The number of aromatic nitrogens is 2. The van der Waals surface area contributed by atoms with Crippen molar-refractivity contribution in [2.45, 2.75) is 39.5 Å². The van der Waals surface area contributed by atoms with Gasteiger partial charge in [-0.25, -0.2) is 9.78 Å². The van der Waals surface area contributed by atoms with Crippen LogP contribution in [0.5, 0.6) is 0 Å². The molecule has 0 spiro atoms. The van der Waals surface area contributed by atoms with E-state index >= 15 is 0 Å². The van der Waals surface area contributed by atoms with Gasteiger partial charge in [0.2, 0.25) is 0 Å². The average Bonchev–Trinajstić information content (AvgIpc) is 2.70. The molecule has 2 rings (SSSR count). The van der Waals surface area contributed by atoms with Crippen LogP contribution in [0.4, 0.5) is 4.79 Å². The summed E-state index contributed by atoms with van der Waals surface area (Å²) in [6, 6.07) is 0. The first-order valence-corrected chi connectivity index (χ1v) is 5.40. The average molecular weight is 237 g/mol. The minimum atomic E-state index is -0.505. The van der Waals surface area contributed by atoms with Gasteiger partial charge in [-0.3, -0.25) is 9.69 Å². The first-order valence-electron chi connectivity index (χ1n) is 5.40. The number of carbonyl (C=O) groups excluding carboxylic acids is 2. The van der Waals surface area contributed by atoms with Crippen molar-refractivity contribution in [3.63, 3.8) is 0 Å². The number of H-pyrrole nitrogens is 1. The van der Waals surface area contributed by atoms with Gasteiger partial charge < -0.3 is 9.72 Å². The molecule has 0 unspecified atom stereocenters. The van der Waals surface area contributed by atoms with E-state index in [0.29, 0.717) is 25.2 Å². The Bertz CT molecular complexity index is 436. The highest BCUT2D eigenvalue weighted by atomic mass is 16.6. The standard InChI is InChI=1S/C11H15N3O3/c1-11(2,3)17-10(16)14-4-7-8(5-14)13-9(6-15)12-7/h6H,4-5H2,1-3H3,(H,12,13). The second-order valence-electron chi connectivity index (χ2n) is 5.00. The third-order valence-corrected chi connectivity index (χ3v) is 2.34. The van der Waals surface area contributed by atoms with E-state index in [9.17, 15) is 9.59 Å². The molecule has 1 N–H and O–H groups in total. The maximum atomic E-state index is 11.8. The molecule has 0 radical (unpaired) electrons. The van der Waals surface area contributed by atoms with Crippen LogP contribution < -0.4 is 0 Å². The topological polar surface area (TPSA) is 75.3 Å². The highest BCUT2D eigenvalue weighted by molar-refractivity contribution is 5.71. The second-order valence-corrected chi connectivity index (χ2v) is 5.00. The van der Waals surface area contributed by atoms with Crippen molar-refractivity contribution in [2.75, 3.05) is 0 Å². The van der Waals surface area contributed by atoms with E-state index < -0.39 is 5.60 Å². The van der Waals surface area contributed by atoms with Crippen LogP contribution in [0.1, 0.15) is 42.8 Å². The predicted octanol–water partition coefficient (Wildman–Crippen LogP) is 1.47. The van der Waals surface area contributed by atoms with Crippen LogP contribution >= 0.6 is 0 Å². The Hall–Kier alpha value is -1.85. The molecule has 1 aromatic rings. The Morgan fingerprint density at radius 1 is 1.47 bits per heavy atom. The van der Waals surface area contributed by atoms with E-state index in [4.69, 9.17) is 4.74 Å². The summed E-state index contributed by atoms with van der Waals surface area (Å²) in [6.07, 6.45) is 0.299. The van der Waals surface area contributed by atoms with Crippen LogP contribution in [0, 0.1) is 0 Å². The lowest BCUT2D eigenvalue weighted by molar-refractivity contribution is 0.0238. The summed E-state index contributed by atoms with van der Waals surface area (Å²) in [7, 11) is 0. The zero-order valence-corrected chi connectivity index (χ0v) is 10.1. The van der Waals surface area contributed by atoms with Crippen molar-refractivity contribution < 1.29 is 14.3 Å². The number of nitrogens with one attached hydrogen (secondary N) is 1. The van der Waals surface area contributed by atoms with Gasteiger partial charge in [0.05, 0.1) is 24.5 Å². The maximum absolute atomic E-state index is 11.8. The van der Waals surface area contributed by atoms with Gasteiger partial charge in [0, 0.05) is 0 Å². The molecule has 1 amide bonds. The Balaban J connectivity index is 2.03. The first kappa shape index (κ1) is 11.6. The normalized spacial score (nSPS) is 14.6. The summed E-state index contributed by atoms with van der Waals surface area (Å²) >= 11 is 0. The van der Waals surface area contributed by atoms with Gasteiger partial charge in [-0.1, -0.05) is 0 Å². The Kier molecular flexibility index (Phi) is 2.65. The molecule has 92 valence electrons. The van der Waals surface area contributed by atoms with Crippen LogP contribution in [0.2, 0.25) is 0 Å². The molecular weight excluding hydrogens is 222 g/mol. The molecule has 0 bridgehead atoms. The van der Waals surface area contributed by atoms with Gasteiger partial charge in [-0.15, -0.1) is 0 Å². The Labute approximate surface area is 99.0 Å². The molecule has 1 aromatic heterocycles. The van der Waals surface area contributed by atoms with Gasteiger partial charge >= 0.3 is 6.09 Å². The molecule has 1 aliphatic rings. The van der Waals surface area contributed by atoms with Crippen LogP contribution in [0.3, 0.4) is 0 Å². The van der Waals surface area contributed by atoms with Crippen LogP contribution in [-0.2, 0) is 17.8 Å². The number of carbonyl (C=O) groups is 2. The van der Waals surface area contributed by atoms with Crippen molar-refractivity contribution >= 4 is 12.4 Å². The summed E-state index contributed by atoms with van der Waals surface area (Å²) in [4.78, 5) is 30.8. The second kappa shape index (κ2) is 3.87. The molecule has 1 aliphatic heterocycles. The lowest BCUT2D eigenvalue weighted by atomic mass is 10.2. The predicted molar refractivity (Wildman–Crippen MR) is 59.5 cm³/mol. The fourth-order valence-electron chi connectivity index (χ4n) is 1.67. The van der Waals surface area contributed by atoms with Crippen molar-refractivity contribution in [2.24, 2.45) is 0 Å². The number of nitrogens with zero attached hydrogens (tertiary/aromatic N) is 2. The van der Waals surface area contributed by atoms with Crippen molar-refractivity contribution in [3.05, 3.63) is 17.2 Å². The number of hydrogen-bond donors (Lipinski definition) is 1. The largest absolute Gasteiger partial charge is 0.444 e. The van der Waals surface area contributed by atoms with Gasteiger partial charge in [-0.2, -0.15) is 0 Å².